The Kier molecular flexibility index (Phi) is 4.95. The van der Waals surface area contributed by atoms with E-state index in [1.54, 1.807) is 28.7 Å². The molecule has 0 saturated heterocycles. The van der Waals surface area contributed by atoms with Gasteiger partial charge in [-0.05, 0) is 12.1 Å². The molecule has 0 saturated carbocycles. The number of rotatable bonds is 7. The maximum atomic E-state index is 12.4. The average Bonchev–Trinajstić information content (AvgIpc) is 3.11. The van der Waals surface area contributed by atoms with Gasteiger partial charge in [-0.3, -0.25) is 9.48 Å². The second kappa shape index (κ2) is 6.90. The molecule has 0 fully saturated rings. The normalized spacial score (nSPS) is 12.1. The third-order valence-corrected chi connectivity index (χ3v) is 3.22. The lowest BCUT2D eigenvalue weighted by molar-refractivity contribution is -0.139. The van der Waals surface area contributed by atoms with Gasteiger partial charge in [0.25, 0.3) is 5.91 Å². The van der Waals surface area contributed by atoms with E-state index in [0.29, 0.717) is 11.4 Å². The minimum Gasteiger partial charge on any atom is -0.480 e. The van der Waals surface area contributed by atoms with Gasteiger partial charge in [-0.25, -0.2) is 4.79 Å². The Morgan fingerprint density at radius 1 is 1.41 bits per heavy atom. The second-order valence-corrected chi connectivity index (χ2v) is 4.74. The van der Waals surface area contributed by atoms with Gasteiger partial charge in [-0.2, -0.15) is 5.10 Å². The lowest BCUT2D eigenvalue weighted by atomic mass is 10.2. The number of aryl methyl sites for hydroxylation is 1. The summed E-state index contributed by atoms with van der Waals surface area (Å²) < 4.78 is 8.16. The smallest absolute Gasteiger partial charge is 0.326 e. The summed E-state index contributed by atoms with van der Waals surface area (Å²) in [6.07, 6.45) is 5.18. The van der Waals surface area contributed by atoms with E-state index in [0.717, 1.165) is 0 Å². The van der Waals surface area contributed by atoms with Crippen LogP contribution in [0.2, 0.25) is 0 Å². The van der Waals surface area contributed by atoms with Crippen LogP contribution in [0, 0.1) is 0 Å². The molecule has 0 radical (unpaired) electrons. The Labute approximate surface area is 127 Å². The van der Waals surface area contributed by atoms with Crippen molar-refractivity contribution in [2.45, 2.75) is 12.5 Å². The van der Waals surface area contributed by atoms with Crippen LogP contribution in [0.15, 0.2) is 30.7 Å². The van der Waals surface area contributed by atoms with Crippen LogP contribution in [-0.2, 0) is 16.6 Å². The maximum absolute atomic E-state index is 12.4. The Morgan fingerprint density at radius 3 is 2.68 bits per heavy atom. The van der Waals surface area contributed by atoms with Crippen LogP contribution in [0.4, 0.5) is 0 Å². The van der Waals surface area contributed by atoms with E-state index in [9.17, 15) is 9.59 Å². The molecule has 1 amide bonds. The molecule has 22 heavy (non-hydrogen) atoms. The zero-order valence-corrected chi connectivity index (χ0v) is 12.4. The van der Waals surface area contributed by atoms with Gasteiger partial charge < -0.3 is 19.7 Å². The van der Waals surface area contributed by atoms with Crippen molar-refractivity contribution >= 4 is 11.9 Å². The van der Waals surface area contributed by atoms with Gasteiger partial charge in [-0.15, -0.1) is 0 Å². The van der Waals surface area contributed by atoms with E-state index in [1.807, 2.05) is 12.1 Å². The number of aliphatic carboxylic acids is 1. The molecule has 118 valence electrons. The average molecular weight is 306 g/mol. The Hall–Kier alpha value is -2.61. The lowest BCUT2D eigenvalue weighted by Gasteiger charge is -2.14. The number of nitrogens with one attached hydrogen (secondary N) is 1. The predicted molar refractivity (Wildman–Crippen MR) is 77.9 cm³/mol. The van der Waals surface area contributed by atoms with E-state index >= 15 is 0 Å². The van der Waals surface area contributed by atoms with Crippen LogP contribution in [-0.4, -0.2) is 51.1 Å². The van der Waals surface area contributed by atoms with Crippen molar-refractivity contribution in [3.05, 3.63) is 36.3 Å². The monoisotopic (exact) mass is 306 g/mol. The molecule has 2 N–H and O–H groups in total. The first-order valence-corrected chi connectivity index (χ1v) is 6.72. The predicted octanol–water partition coefficient (Wildman–Crippen LogP) is 0.430. The number of carboxylic acids is 1. The lowest BCUT2D eigenvalue weighted by Crippen LogP contribution is -2.41. The molecule has 0 aliphatic heterocycles. The minimum atomic E-state index is -1.10. The van der Waals surface area contributed by atoms with Crippen molar-refractivity contribution in [3.63, 3.8) is 0 Å². The van der Waals surface area contributed by atoms with Crippen molar-refractivity contribution in [3.8, 4) is 5.82 Å². The fourth-order valence-electron chi connectivity index (χ4n) is 2.10. The number of hydrogen-bond acceptors (Lipinski definition) is 4. The van der Waals surface area contributed by atoms with Crippen LogP contribution in [0.5, 0.6) is 0 Å². The number of methoxy groups -OCH3 is 1. The molecule has 0 spiro atoms. The van der Waals surface area contributed by atoms with E-state index in [1.165, 1.54) is 13.3 Å². The van der Waals surface area contributed by atoms with E-state index in [-0.39, 0.29) is 13.0 Å². The van der Waals surface area contributed by atoms with Crippen molar-refractivity contribution < 1.29 is 19.4 Å². The number of hydrogen-bond donors (Lipinski definition) is 2. The summed E-state index contributed by atoms with van der Waals surface area (Å²) in [4.78, 5) is 23.6. The Bertz CT molecular complexity index is 648. The topological polar surface area (TPSA) is 98.4 Å². The van der Waals surface area contributed by atoms with Crippen LogP contribution < -0.4 is 5.32 Å². The van der Waals surface area contributed by atoms with Gasteiger partial charge in [0.1, 0.15) is 17.4 Å². The third-order valence-electron chi connectivity index (χ3n) is 3.22. The molecule has 1 unspecified atom stereocenters. The largest absolute Gasteiger partial charge is 0.480 e. The van der Waals surface area contributed by atoms with Crippen molar-refractivity contribution in [2.24, 2.45) is 7.05 Å². The first-order valence-electron chi connectivity index (χ1n) is 6.72. The number of carboxylic acid groups (broad SMARTS) is 1. The Morgan fingerprint density at radius 2 is 2.09 bits per heavy atom. The summed E-state index contributed by atoms with van der Waals surface area (Å²) in [5, 5.41) is 15.7. The number of nitrogens with zero attached hydrogens (tertiary/aromatic N) is 3. The van der Waals surface area contributed by atoms with Crippen LogP contribution in [0.3, 0.4) is 0 Å². The molecule has 2 heterocycles. The summed E-state index contributed by atoms with van der Waals surface area (Å²) >= 11 is 0. The standard InChI is InChI=1S/C14H18N4O4/c1-17-13(18-6-3-4-7-18)10(9-15-17)12(19)16-11(14(20)21)5-8-22-2/h3-4,6-7,9,11H,5,8H2,1-2H3,(H,16,19)(H,20,21). The summed E-state index contributed by atoms with van der Waals surface area (Å²) in [5.41, 5.74) is 0.308. The van der Waals surface area contributed by atoms with E-state index in [2.05, 4.69) is 10.4 Å². The molecular formula is C14H18N4O4. The molecule has 2 rings (SSSR count). The number of carbonyl (C=O) groups is 2. The first kappa shape index (κ1) is 15.8. The fourth-order valence-corrected chi connectivity index (χ4v) is 2.10. The van der Waals surface area contributed by atoms with Crippen LogP contribution >= 0.6 is 0 Å². The van der Waals surface area contributed by atoms with Crippen LogP contribution in [0.1, 0.15) is 16.8 Å². The number of ether oxygens (including phenoxy) is 1. The SMILES string of the molecule is COCCC(NC(=O)c1cnn(C)c1-n1cccc1)C(=O)O. The van der Waals surface area contributed by atoms with Crippen LogP contribution in [0.25, 0.3) is 5.82 Å². The van der Waals surface area contributed by atoms with Crippen molar-refractivity contribution in [1.82, 2.24) is 19.7 Å². The zero-order valence-electron chi connectivity index (χ0n) is 12.4. The fraction of sp³-hybridized carbons (Fsp3) is 0.357. The van der Waals surface area contributed by atoms with E-state index in [4.69, 9.17) is 9.84 Å². The quantitative estimate of drug-likeness (QED) is 0.773. The van der Waals surface area contributed by atoms with Gasteiger partial charge in [0, 0.05) is 39.6 Å². The summed E-state index contributed by atoms with van der Waals surface area (Å²) in [5.74, 6) is -1.02. The highest BCUT2D eigenvalue weighted by atomic mass is 16.5. The molecule has 0 bridgehead atoms. The van der Waals surface area contributed by atoms with E-state index < -0.39 is 17.9 Å². The number of amides is 1. The van der Waals surface area contributed by atoms with Gasteiger partial charge in [0.15, 0.2) is 0 Å². The zero-order chi connectivity index (χ0) is 16.1. The minimum absolute atomic E-state index is 0.191. The third kappa shape index (κ3) is 3.34. The molecule has 0 aromatic carbocycles. The van der Waals surface area contributed by atoms with Gasteiger partial charge in [0.2, 0.25) is 0 Å². The van der Waals surface area contributed by atoms with Crippen molar-refractivity contribution in [2.75, 3.05) is 13.7 Å². The molecule has 8 heteroatoms. The first-order chi connectivity index (χ1) is 10.5. The summed E-state index contributed by atoms with van der Waals surface area (Å²) in [6.45, 7) is 0.245. The number of carbonyl (C=O) groups excluding carboxylic acids is 1. The molecule has 0 aliphatic rings. The maximum Gasteiger partial charge on any atom is 0.326 e. The Balaban J connectivity index is 2.21. The van der Waals surface area contributed by atoms with Gasteiger partial charge >= 0.3 is 5.97 Å². The van der Waals surface area contributed by atoms with Gasteiger partial charge in [0.05, 0.1) is 6.20 Å². The molecule has 2 aromatic rings. The molecular weight excluding hydrogens is 288 g/mol. The molecule has 2 aromatic heterocycles. The molecule has 8 nitrogen and oxygen atoms in total. The molecule has 0 aliphatic carbocycles. The second-order valence-electron chi connectivity index (χ2n) is 4.74. The highest BCUT2D eigenvalue weighted by Crippen LogP contribution is 2.14. The molecule has 1 atom stereocenters. The van der Waals surface area contributed by atoms with Crippen molar-refractivity contribution in [1.29, 1.82) is 0 Å². The highest BCUT2D eigenvalue weighted by Gasteiger charge is 2.24. The summed E-state index contributed by atoms with van der Waals surface area (Å²) in [6, 6.07) is 2.64. The highest BCUT2D eigenvalue weighted by molar-refractivity contribution is 5.99. The number of aromatic nitrogens is 3. The summed E-state index contributed by atoms with van der Waals surface area (Å²) in [7, 11) is 3.19. The van der Waals surface area contributed by atoms with Gasteiger partial charge in [-0.1, -0.05) is 0 Å².